The van der Waals surface area contributed by atoms with Gasteiger partial charge >= 0.3 is 5.97 Å². The van der Waals surface area contributed by atoms with E-state index >= 15 is 0 Å². The molecule has 2 N–H and O–H groups in total. The second kappa shape index (κ2) is 6.33. The van der Waals surface area contributed by atoms with Crippen molar-refractivity contribution in [2.24, 2.45) is 0 Å². The number of amides is 1. The van der Waals surface area contributed by atoms with Crippen LogP contribution in [-0.2, 0) is 16.0 Å². The fraction of sp³-hybridized carbons (Fsp3) is 0.429. The summed E-state index contributed by atoms with van der Waals surface area (Å²) in [6, 6.07) is 9.64. The highest BCUT2D eigenvalue weighted by molar-refractivity contribution is 5.82. The summed E-state index contributed by atoms with van der Waals surface area (Å²) < 4.78 is 0.145. The molecule has 0 fully saturated rings. The molecule has 1 rings (SSSR count). The summed E-state index contributed by atoms with van der Waals surface area (Å²) in [5.74, 6) is -1.27. The van der Waals surface area contributed by atoms with Gasteiger partial charge in [0.2, 0.25) is 5.91 Å². The number of carbonyl (C=O) groups excluding carboxylic acids is 1. The van der Waals surface area contributed by atoms with E-state index in [9.17, 15) is 9.59 Å². The maximum absolute atomic E-state index is 11.8. The number of hydrogen-bond donors (Lipinski definition) is 2. The normalized spacial score (nSPS) is 12.8. The van der Waals surface area contributed by atoms with Gasteiger partial charge in [-0.1, -0.05) is 30.3 Å². The molecule has 5 nitrogen and oxygen atoms in total. The third kappa shape index (κ3) is 5.09. The monoisotopic (exact) mass is 265 g/mol. The molecule has 0 aliphatic heterocycles. The van der Waals surface area contributed by atoms with Crippen molar-refractivity contribution in [1.82, 2.24) is 5.32 Å². The number of aliphatic carboxylic acids is 1. The van der Waals surface area contributed by atoms with Crippen LogP contribution in [0.4, 0.5) is 0 Å². The molecule has 104 valence electrons. The molecule has 1 aromatic rings. The van der Waals surface area contributed by atoms with Gasteiger partial charge < -0.3 is 9.59 Å². The van der Waals surface area contributed by atoms with E-state index in [1.165, 1.54) is 0 Å². The summed E-state index contributed by atoms with van der Waals surface area (Å²) in [6.07, 6.45) is -0.0347. The zero-order valence-corrected chi connectivity index (χ0v) is 11.6. The van der Waals surface area contributed by atoms with Crippen LogP contribution in [0.1, 0.15) is 12.0 Å². The van der Waals surface area contributed by atoms with Crippen LogP contribution in [0.5, 0.6) is 0 Å². The molecular formula is C14H21N2O3+. The fourth-order valence-electron chi connectivity index (χ4n) is 1.71. The predicted octanol–water partition coefficient (Wildman–Crippen LogP) is 0.852. The summed E-state index contributed by atoms with van der Waals surface area (Å²) in [6.45, 7) is 0. The van der Waals surface area contributed by atoms with Crippen LogP contribution < -0.4 is 5.32 Å². The van der Waals surface area contributed by atoms with E-state index in [1.54, 1.807) is 21.1 Å². The Morgan fingerprint density at radius 1 is 1.21 bits per heavy atom. The first kappa shape index (κ1) is 15.2. The molecule has 0 radical (unpaired) electrons. The van der Waals surface area contributed by atoms with E-state index in [0.717, 1.165) is 5.56 Å². The number of quaternary nitrogens is 1. The van der Waals surface area contributed by atoms with Gasteiger partial charge in [-0.25, -0.2) is 4.79 Å². The second-order valence-corrected chi connectivity index (χ2v) is 5.41. The van der Waals surface area contributed by atoms with Crippen molar-refractivity contribution < 1.29 is 19.2 Å². The SMILES string of the molecule is C[N+](C)(C)C(NC(=O)CCc1ccccc1)C(=O)O. The van der Waals surface area contributed by atoms with Crippen LogP contribution in [0.25, 0.3) is 0 Å². The largest absolute Gasteiger partial charge is 0.475 e. The molecule has 0 spiro atoms. The molecule has 0 aliphatic rings. The standard InChI is InChI=1S/C14H20N2O3/c1-16(2,3)13(14(18)19)15-12(17)10-9-11-7-5-4-6-8-11/h4-8,13H,9-10H2,1-3H3,(H-,15,17,18,19)/p+1. The molecule has 1 amide bonds. The molecular weight excluding hydrogens is 244 g/mol. The first-order valence-corrected chi connectivity index (χ1v) is 6.18. The van der Waals surface area contributed by atoms with Gasteiger partial charge in [0, 0.05) is 6.42 Å². The van der Waals surface area contributed by atoms with Gasteiger partial charge in [-0.15, -0.1) is 0 Å². The summed E-state index contributed by atoms with van der Waals surface area (Å²) in [5, 5.41) is 11.7. The van der Waals surface area contributed by atoms with Gasteiger partial charge in [0.1, 0.15) is 0 Å². The van der Waals surface area contributed by atoms with Crippen LogP contribution in [0, 0.1) is 0 Å². The van der Waals surface area contributed by atoms with Gasteiger partial charge in [0.05, 0.1) is 21.1 Å². The predicted molar refractivity (Wildman–Crippen MR) is 72.4 cm³/mol. The Balaban J connectivity index is 2.52. The van der Waals surface area contributed by atoms with Crippen molar-refractivity contribution in [2.75, 3.05) is 21.1 Å². The smallest absolute Gasteiger partial charge is 0.385 e. The Morgan fingerprint density at radius 3 is 2.26 bits per heavy atom. The molecule has 5 heteroatoms. The number of carbonyl (C=O) groups is 2. The second-order valence-electron chi connectivity index (χ2n) is 5.41. The third-order valence-electron chi connectivity index (χ3n) is 2.79. The number of rotatable bonds is 6. The average Bonchev–Trinajstić information content (AvgIpc) is 2.33. The fourth-order valence-corrected chi connectivity index (χ4v) is 1.71. The molecule has 1 aromatic carbocycles. The molecule has 0 saturated carbocycles. The summed E-state index contributed by atoms with van der Waals surface area (Å²) >= 11 is 0. The van der Waals surface area contributed by atoms with E-state index in [0.29, 0.717) is 6.42 Å². The summed E-state index contributed by atoms with van der Waals surface area (Å²) in [5.41, 5.74) is 1.06. The van der Waals surface area contributed by atoms with Gasteiger partial charge in [-0.3, -0.25) is 10.1 Å². The Morgan fingerprint density at radius 2 is 1.79 bits per heavy atom. The lowest BCUT2D eigenvalue weighted by molar-refractivity contribution is -0.889. The van der Waals surface area contributed by atoms with Crippen molar-refractivity contribution >= 4 is 11.9 Å². The Kier molecular flexibility index (Phi) is 5.06. The number of nitrogens with zero attached hydrogens (tertiary/aromatic N) is 1. The van der Waals surface area contributed by atoms with Crippen LogP contribution in [0.2, 0.25) is 0 Å². The van der Waals surface area contributed by atoms with E-state index in [4.69, 9.17) is 5.11 Å². The minimum absolute atomic E-state index is 0.145. The maximum atomic E-state index is 11.8. The van der Waals surface area contributed by atoms with E-state index < -0.39 is 12.1 Å². The zero-order valence-electron chi connectivity index (χ0n) is 11.6. The van der Waals surface area contributed by atoms with Gasteiger partial charge in [0.15, 0.2) is 0 Å². The highest BCUT2D eigenvalue weighted by atomic mass is 16.4. The number of carboxylic acids is 1. The van der Waals surface area contributed by atoms with Crippen LogP contribution in [0.15, 0.2) is 30.3 Å². The zero-order chi connectivity index (χ0) is 14.5. The Bertz CT molecular complexity index is 438. The molecule has 19 heavy (non-hydrogen) atoms. The topological polar surface area (TPSA) is 66.4 Å². The number of nitrogens with one attached hydrogen (secondary N) is 1. The lowest BCUT2D eigenvalue weighted by Crippen LogP contribution is -2.59. The molecule has 0 bridgehead atoms. The van der Waals surface area contributed by atoms with E-state index in [1.807, 2.05) is 30.3 Å². The quantitative estimate of drug-likeness (QED) is 0.592. The van der Waals surface area contributed by atoms with Gasteiger partial charge in [0.25, 0.3) is 6.17 Å². The van der Waals surface area contributed by atoms with Crippen LogP contribution >= 0.6 is 0 Å². The van der Waals surface area contributed by atoms with Crippen LogP contribution in [0.3, 0.4) is 0 Å². The summed E-state index contributed by atoms with van der Waals surface area (Å²) in [4.78, 5) is 22.9. The molecule has 0 heterocycles. The number of aryl methyl sites for hydroxylation is 1. The lowest BCUT2D eigenvalue weighted by Gasteiger charge is -2.31. The summed E-state index contributed by atoms with van der Waals surface area (Å²) in [7, 11) is 5.20. The minimum atomic E-state index is -1.03. The van der Waals surface area contributed by atoms with Crippen molar-refractivity contribution in [3.8, 4) is 0 Å². The van der Waals surface area contributed by atoms with E-state index in [-0.39, 0.29) is 16.8 Å². The van der Waals surface area contributed by atoms with E-state index in [2.05, 4.69) is 5.32 Å². The first-order valence-electron chi connectivity index (χ1n) is 6.18. The van der Waals surface area contributed by atoms with Crippen molar-refractivity contribution in [1.29, 1.82) is 0 Å². The molecule has 1 atom stereocenters. The van der Waals surface area contributed by atoms with Gasteiger partial charge in [-0.05, 0) is 12.0 Å². The van der Waals surface area contributed by atoms with Crippen molar-refractivity contribution in [3.05, 3.63) is 35.9 Å². The Hall–Kier alpha value is -1.88. The number of carboxylic acid groups (broad SMARTS) is 1. The van der Waals surface area contributed by atoms with Crippen LogP contribution in [-0.4, -0.2) is 48.8 Å². The van der Waals surface area contributed by atoms with Crippen molar-refractivity contribution in [2.45, 2.75) is 19.0 Å². The van der Waals surface area contributed by atoms with Crippen molar-refractivity contribution in [3.63, 3.8) is 0 Å². The van der Waals surface area contributed by atoms with Gasteiger partial charge in [-0.2, -0.15) is 0 Å². The highest BCUT2D eigenvalue weighted by Gasteiger charge is 2.32. The molecule has 0 aromatic heterocycles. The Labute approximate surface area is 113 Å². The third-order valence-corrected chi connectivity index (χ3v) is 2.79. The average molecular weight is 265 g/mol. The minimum Gasteiger partial charge on any atom is -0.475 e. The number of likely N-dealkylation sites (N-methyl/N-ethyl adjacent to an activating group) is 1. The molecule has 0 saturated heterocycles. The molecule has 0 aliphatic carbocycles. The number of hydrogen-bond acceptors (Lipinski definition) is 2. The first-order chi connectivity index (χ1) is 8.80. The lowest BCUT2D eigenvalue weighted by atomic mass is 10.1. The molecule has 1 unspecified atom stereocenters. The maximum Gasteiger partial charge on any atom is 0.385 e. The highest BCUT2D eigenvalue weighted by Crippen LogP contribution is 2.04. The number of benzene rings is 1.